The molecule has 0 radical (unpaired) electrons. The fourth-order valence-electron chi connectivity index (χ4n) is 2.94. The van der Waals surface area contributed by atoms with Gasteiger partial charge in [-0.05, 0) is 50.3 Å². The normalized spacial score (nSPS) is 18.0. The molecule has 2 N–H and O–H groups in total. The second-order valence-electron chi connectivity index (χ2n) is 5.97. The Hall–Kier alpha value is -1.13. The maximum Gasteiger partial charge on any atom is 0.0574 e. The standard InChI is InChI=1S/C17H29N3O/c1-3-9-18-16(4-2)17-6-5-15(12-19-17)20-10-7-14(13-21)8-11-20/h5-6,12,14,16,18,21H,3-4,7-11,13H2,1-2H3. The predicted molar refractivity (Wildman–Crippen MR) is 87.6 cm³/mol. The Morgan fingerprint density at radius 1 is 1.33 bits per heavy atom. The van der Waals surface area contributed by atoms with Crippen molar-refractivity contribution in [2.75, 3.05) is 31.1 Å². The molecule has 1 fully saturated rings. The van der Waals surface area contributed by atoms with E-state index in [1.807, 2.05) is 6.20 Å². The molecule has 0 saturated carbocycles. The van der Waals surface area contributed by atoms with Crippen LogP contribution in [0.4, 0.5) is 5.69 Å². The summed E-state index contributed by atoms with van der Waals surface area (Å²) >= 11 is 0. The quantitative estimate of drug-likeness (QED) is 0.811. The summed E-state index contributed by atoms with van der Waals surface area (Å²) in [7, 11) is 0. The third-order valence-corrected chi connectivity index (χ3v) is 4.41. The van der Waals surface area contributed by atoms with Crippen LogP contribution in [0.3, 0.4) is 0 Å². The van der Waals surface area contributed by atoms with Crippen LogP contribution in [0.25, 0.3) is 0 Å². The van der Waals surface area contributed by atoms with Gasteiger partial charge in [-0.2, -0.15) is 0 Å². The molecule has 1 aliphatic rings. The maximum atomic E-state index is 9.21. The lowest BCUT2D eigenvalue weighted by atomic mass is 9.97. The first-order chi connectivity index (χ1) is 10.3. The van der Waals surface area contributed by atoms with Crippen LogP contribution in [0.2, 0.25) is 0 Å². The van der Waals surface area contributed by atoms with Gasteiger partial charge in [-0.1, -0.05) is 13.8 Å². The van der Waals surface area contributed by atoms with Gasteiger partial charge in [-0.3, -0.25) is 4.98 Å². The highest BCUT2D eigenvalue weighted by atomic mass is 16.3. The summed E-state index contributed by atoms with van der Waals surface area (Å²) in [5.74, 6) is 0.483. The highest BCUT2D eigenvalue weighted by Gasteiger charge is 2.19. The second kappa shape index (κ2) is 8.35. The topological polar surface area (TPSA) is 48.4 Å². The Bertz CT molecular complexity index is 399. The van der Waals surface area contributed by atoms with Crippen LogP contribution < -0.4 is 10.2 Å². The van der Waals surface area contributed by atoms with Crippen LogP contribution in [0.15, 0.2) is 18.3 Å². The number of piperidine rings is 1. The molecule has 118 valence electrons. The number of anilines is 1. The molecule has 1 atom stereocenters. The van der Waals surface area contributed by atoms with Crippen LogP contribution in [0.5, 0.6) is 0 Å². The van der Waals surface area contributed by atoms with Crippen LogP contribution in [-0.4, -0.2) is 36.3 Å². The minimum atomic E-state index is 0.326. The number of nitrogens with zero attached hydrogens (tertiary/aromatic N) is 2. The molecule has 2 heterocycles. The highest BCUT2D eigenvalue weighted by Crippen LogP contribution is 2.24. The average Bonchev–Trinajstić information content (AvgIpc) is 2.56. The molecule has 1 aromatic rings. The van der Waals surface area contributed by atoms with Crippen molar-refractivity contribution in [2.45, 2.75) is 45.6 Å². The van der Waals surface area contributed by atoms with Crippen LogP contribution in [0.1, 0.15) is 51.3 Å². The van der Waals surface area contributed by atoms with E-state index in [1.54, 1.807) is 0 Å². The van der Waals surface area contributed by atoms with Crippen LogP contribution in [-0.2, 0) is 0 Å². The monoisotopic (exact) mass is 291 g/mol. The highest BCUT2D eigenvalue weighted by molar-refractivity contribution is 5.45. The van der Waals surface area contributed by atoms with E-state index in [0.29, 0.717) is 18.6 Å². The van der Waals surface area contributed by atoms with Gasteiger partial charge < -0.3 is 15.3 Å². The van der Waals surface area contributed by atoms with Gasteiger partial charge in [-0.15, -0.1) is 0 Å². The summed E-state index contributed by atoms with van der Waals surface area (Å²) in [5.41, 5.74) is 2.35. The van der Waals surface area contributed by atoms with Crippen molar-refractivity contribution in [3.63, 3.8) is 0 Å². The third kappa shape index (κ3) is 4.42. The molecule has 2 rings (SSSR count). The van der Waals surface area contributed by atoms with Crippen LogP contribution >= 0.6 is 0 Å². The van der Waals surface area contributed by atoms with Gasteiger partial charge in [0.05, 0.1) is 17.6 Å². The molecule has 0 bridgehead atoms. The van der Waals surface area contributed by atoms with Crippen LogP contribution in [0, 0.1) is 5.92 Å². The summed E-state index contributed by atoms with van der Waals surface area (Å²) in [6.07, 6.45) is 6.37. The number of aromatic nitrogens is 1. The lowest BCUT2D eigenvalue weighted by molar-refractivity contribution is 0.203. The predicted octanol–water partition coefficient (Wildman–Crippen LogP) is 2.74. The molecule has 1 aromatic heterocycles. The number of hydrogen-bond donors (Lipinski definition) is 2. The van der Waals surface area contributed by atoms with Crippen molar-refractivity contribution >= 4 is 5.69 Å². The van der Waals surface area contributed by atoms with E-state index >= 15 is 0 Å². The maximum absolute atomic E-state index is 9.21. The largest absolute Gasteiger partial charge is 0.396 e. The first kappa shape index (κ1) is 16.2. The van der Waals surface area contributed by atoms with Gasteiger partial charge in [0.15, 0.2) is 0 Å². The fourth-order valence-corrected chi connectivity index (χ4v) is 2.94. The van der Waals surface area contributed by atoms with Gasteiger partial charge in [-0.25, -0.2) is 0 Å². The number of pyridine rings is 1. The Balaban J connectivity index is 1.95. The molecular weight excluding hydrogens is 262 g/mol. The zero-order chi connectivity index (χ0) is 15.1. The molecule has 4 nitrogen and oxygen atoms in total. The molecule has 0 amide bonds. The molecule has 0 aromatic carbocycles. The molecule has 21 heavy (non-hydrogen) atoms. The molecule has 4 heteroatoms. The van der Waals surface area contributed by atoms with E-state index in [-0.39, 0.29) is 0 Å². The summed E-state index contributed by atoms with van der Waals surface area (Å²) in [5, 5.41) is 12.7. The Kier molecular flexibility index (Phi) is 6.46. The van der Waals surface area contributed by atoms with Crippen molar-refractivity contribution in [1.29, 1.82) is 0 Å². The van der Waals surface area contributed by atoms with Gasteiger partial charge >= 0.3 is 0 Å². The molecule has 1 aliphatic heterocycles. The zero-order valence-corrected chi connectivity index (χ0v) is 13.4. The third-order valence-electron chi connectivity index (χ3n) is 4.41. The lowest BCUT2D eigenvalue weighted by Gasteiger charge is -2.32. The molecule has 1 unspecified atom stereocenters. The van der Waals surface area contributed by atoms with Crippen molar-refractivity contribution in [2.24, 2.45) is 5.92 Å². The van der Waals surface area contributed by atoms with E-state index in [4.69, 9.17) is 0 Å². The molecule has 0 aliphatic carbocycles. The van der Waals surface area contributed by atoms with Crippen molar-refractivity contribution in [3.05, 3.63) is 24.0 Å². The first-order valence-corrected chi connectivity index (χ1v) is 8.33. The smallest absolute Gasteiger partial charge is 0.0574 e. The number of hydrogen-bond acceptors (Lipinski definition) is 4. The average molecular weight is 291 g/mol. The van der Waals surface area contributed by atoms with E-state index in [9.17, 15) is 5.11 Å². The Morgan fingerprint density at radius 2 is 2.10 bits per heavy atom. The van der Waals surface area contributed by atoms with Crippen molar-refractivity contribution in [1.82, 2.24) is 10.3 Å². The Labute approximate surface area is 128 Å². The number of aliphatic hydroxyl groups is 1. The molecule has 0 spiro atoms. The summed E-state index contributed by atoms with van der Waals surface area (Å²) in [6.45, 7) is 7.80. The zero-order valence-electron chi connectivity index (χ0n) is 13.4. The van der Waals surface area contributed by atoms with Crippen molar-refractivity contribution in [3.8, 4) is 0 Å². The van der Waals surface area contributed by atoms with Gasteiger partial charge in [0, 0.05) is 25.7 Å². The van der Waals surface area contributed by atoms with E-state index in [2.05, 4.69) is 41.2 Å². The van der Waals surface area contributed by atoms with E-state index in [0.717, 1.165) is 51.0 Å². The molecular formula is C17H29N3O. The lowest BCUT2D eigenvalue weighted by Crippen LogP contribution is -2.34. The van der Waals surface area contributed by atoms with Gasteiger partial charge in [0.2, 0.25) is 0 Å². The first-order valence-electron chi connectivity index (χ1n) is 8.33. The Morgan fingerprint density at radius 3 is 2.62 bits per heavy atom. The van der Waals surface area contributed by atoms with E-state index < -0.39 is 0 Å². The summed E-state index contributed by atoms with van der Waals surface area (Å²) in [6, 6.07) is 4.71. The summed E-state index contributed by atoms with van der Waals surface area (Å²) < 4.78 is 0. The number of rotatable bonds is 7. The van der Waals surface area contributed by atoms with Gasteiger partial charge in [0.25, 0.3) is 0 Å². The summed E-state index contributed by atoms with van der Waals surface area (Å²) in [4.78, 5) is 7.04. The fraction of sp³-hybridized carbons (Fsp3) is 0.706. The number of aliphatic hydroxyl groups excluding tert-OH is 1. The van der Waals surface area contributed by atoms with E-state index in [1.165, 1.54) is 5.69 Å². The van der Waals surface area contributed by atoms with Gasteiger partial charge in [0.1, 0.15) is 0 Å². The molecule has 1 saturated heterocycles. The minimum absolute atomic E-state index is 0.326. The number of nitrogens with one attached hydrogen (secondary N) is 1. The second-order valence-corrected chi connectivity index (χ2v) is 5.97. The van der Waals surface area contributed by atoms with Crippen molar-refractivity contribution < 1.29 is 5.11 Å². The SMILES string of the molecule is CCCNC(CC)c1ccc(N2CCC(CO)CC2)cn1. The minimum Gasteiger partial charge on any atom is -0.396 e.